The number of nitrogens with zero attached hydrogens (tertiary/aromatic N) is 1. The molecule has 1 heterocycles. The molecular formula is C13H23N3O2. The molecule has 0 aliphatic rings. The van der Waals surface area contributed by atoms with Gasteiger partial charge in [-0.25, -0.2) is 4.98 Å². The van der Waals surface area contributed by atoms with Gasteiger partial charge in [-0.05, 0) is 31.7 Å². The largest absolute Gasteiger partial charge is 0.444 e. The average molecular weight is 253 g/mol. The SMILES string of the molecule is Cc1cnc(CNC(=O)C[C@@H](CN)CC(C)C)o1. The molecule has 0 radical (unpaired) electrons. The summed E-state index contributed by atoms with van der Waals surface area (Å²) in [5, 5.41) is 2.80. The standard InChI is InChI=1S/C13H23N3O2/c1-9(2)4-11(6-14)5-12(17)15-8-13-16-7-10(3)18-13/h7,9,11H,4-6,8,14H2,1-3H3,(H,15,17)/t11-/m0/s1. The lowest BCUT2D eigenvalue weighted by atomic mass is 9.94. The quantitative estimate of drug-likeness (QED) is 0.773. The number of aromatic nitrogens is 1. The van der Waals surface area contributed by atoms with Crippen LogP contribution in [0.5, 0.6) is 0 Å². The molecule has 0 aliphatic heterocycles. The number of nitrogens with two attached hydrogens (primary N) is 1. The van der Waals surface area contributed by atoms with Gasteiger partial charge in [-0.15, -0.1) is 0 Å². The van der Waals surface area contributed by atoms with Gasteiger partial charge >= 0.3 is 0 Å². The molecule has 0 aromatic carbocycles. The van der Waals surface area contributed by atoms with Gasteiger partial charge in [0.1, 0.15) is 5.76 Å². The second-order valence-electron chi connectivity index (χ2n) is 5.08. The molecule has 0 saturated heterocycles. The van der Waals surface area contributed by atoms with E-state index in [9.17, 15) is 4.79 Å². The minimum absolute atomic E-state index is 0.00181. The van der Waals surface area contributed by atoms with Crippen LogP contribution in [0, 0.1) is 18.8 Å². The molecule has 5 heteroatoms. The summed E-state index contributed by atoms with van der Waals surface area (Å²) in [4.78, 5) is 15.8. The Hall–Kier alpha value is -1.36. The third-order valence-corrected chi connectivity index (χ3v) is 2.72. The summed E-state index contributed by atoms with van der Waals surface area (Å²) in [5.74, 6) is 2.09. The van der Waals surface area contributed by atoms with E-state index >= 15 is 0 Å². The highest BCUT2D eigenvalue weighted by Gasteiger charge is 2.14. The summed E-state index contributed by atoms with van der Waals surface area (Å²) in [6.07, 6.45) is 3.08. The molecule has 1 aromatic heterocycles. The van der Waals surface area contributed by atoms with Crippen LogP contribution in [0.2, 0.25) is 0 Å². The molecule has 0 unspecified atom stereocenters. The van der Waals surface area contributed by atoms with Gasteiger partial charge in [0.2, 0.25) is 11.8 Å². The molecule has 0 saturated carbocycles. The summed E-state index contributed by atoms with van der Waals surface area (Å²) in [7, 11) is 0. The molecule has 0 aliphatic carbocycles. The summed E-state index contributed by atoms with van der Waals surface area (Å²) < 4.78 is 5.28. The van der Waals surface area contributed by atoms with Gasteiger partial charge in [-0.3, -0.25) is 4.79 Å². The maximum absolute atomic E-state index is 11.7. The Kier molecular flexibility index (Phi) is 5.85. The van der Waals surface area contributed by atoms with Crippen molar-refractivity contribution in [3.05, 3.63) is 17.8 Å². The fraction of sp³-hybridized carbons (Fsp3) is 0.692. The Labute approximate surface area is 108 Å². The first-order valence-corrected chi connectivity index (χ1v) is 6.39. The highest BCUT2D eigenvalue weighted by atomic mass is 16.4. The zero-order valence-electron chi connectivity index (χ0n) is 11.4. The van der Waals surface area contributed by atoms with Crippen molar-refractivity contribution in [2.75, 3.05) is 6.54 Å². The van der Waals surface area contributed by atoms with E-state index in [1.54, 1.807) is 6.20 Å². The van der Waals surface area contributed by atoms with Crippen molar-refractivity contribution < 1.29 is 9.21 Å². The number of amides is 1. The summed E-state index contributed by atoms with van der Waals surface area (Å²) in [6, 6.07) is 0. The molecule has 18 heavy (non-hydrogen) atoms. The fourth-order valence-electron chi connectivity index (χ4n) is 1.92. The zero-order valence-corrected chi connectivity index (χ0v) is 11.4. The fourth-order valence-corrected chi connectivity index (χ4v) is 1.92. The Morgan fingerprint density at radius 3 is 2.78 bits per heavy atom. The van der Waals surface area contributed by atoms with Crippen molar-refractivity contribution >= 4 is 5.91 Å². The number of carbonyl (C=O) groups is 1. The molecule has 3 N–H and O–H groups in total. The normalized spacial score (nSPS) is 12.7. The van der Waals surface area contributed by atoms with Gasteiger partial charge < -0.3 is 15.5 Å². The van der Waals surface area contributed by atoms with Crippen LogP contribution in [0.15, 0.2) is 10.6 Å². The van der Waals surface area contributed by atoms with E-state index in [0.29, 0.717) is 31.3 Å². The molecule has 1 rings (SSSR count). The van der Waals surface area contributed by atoms with E-state index in [1.165, 1.54) is 0 Å². The van der Waals surface area contributed by atoms with E-state index in [4.69, 9.17) is 10.2 Å². The maximum Gasteiger partial charge on any atom is 0.220 e. The monoisotopic (exact) mass is 253 g/mol. The van der Waals surface area contributed by atoms with Crippen molar-refractivity contribution in [2.24, 2.45) is 17.6 Å². The first-order chi connectivity index (χ1) is 8.51. The lowest BCUT2D eigenvalue weighted by Crippen LogP contribution is -2.28. The van der Waals surface area contributed by atoms with Gasteiger partial charge in [-0.2, -0.15) is 0 Å². The summed E-state index contributed by atoms with van der Waals surface area (Å²) in [5.41, 5.74) is 5.67. The zero-order chi connectivity index (χ0) is 13.5. The molecule has 1 atom stereocenters. The Bertz CT molecular complexity index is 374. The minimum Gasteiger partial charge on any atom is -0.444 e. The second kappa shape index (κ2) is 7.16. The number of hydrogen-bond acceptors (Lipinski definition) is 4. The van der Waals surface area contributed by atoms with Crippen LogP contribution < -0.4 is 11.1 Å². The van der Waals surface area contributed by atoms with Crippen LogP contribution in [-0.2, 0) is 11.3 Å². The molecule has 5 nitrogen and oxygen atoms in total. The topological polar surface area (TPSA) is 81.2 Å². The van der Waals surface area contributed by atoms with Crippen molar-refractivity contribution in [2.45, 2.75) is 40.2 Å². The molecule has 0 spiro atoms. The molecule has 102 valence electrons. The van der Waals surface area contributed by atoms with Crippen LogP contribution in [0.25, 0.3) is 0 Å². The minimum atomic E-state index is 0.00181. The van der Waals surface area contributed by atoms with E-state index in [1.807, 2.05) is 6.92 Å². The molecule has 0 fully saturated rings. The summed E-state index contributed by atoms with van der Waals surface area (Å²) in [6.45, 7) is 6.98. The van der Waals surface area contributed by atoms with Crippen molar-refractivity contribution in [1.82, 2.24) is 10.3 Å². The third-order valence-electron chi connectivity index (χ3n) is 2.72. The highest BCUT2D eigenvalue weighted by molar-refractivity contribution is 5.76. The number of rotatable bonds is 7. The lowest BCUT2D eigenvalue weighted by molar-refractivity contribution is -0.122. The van der Waals surface area contributed by atoms with Crippen LogP contribution in [0.4, 0.5) is 0 Å². The van der Waals surface area contributed by atoms with Gasteiger partial charge in [0, 0.05) is 6.42 Å². The third kappa shape index (κ3) is 5.31. The van der Waals surface area contributed by atoms with Gasteiger partial charge in [0.25, 0.3) is 0 Å². The van der Waals surface area contributed by atoms with Gasteiger partial charge in [-0.1, -0.05) is 13.8 Å². The average Bonchev–Trinajstić information content (AvgIpc) is 2.71. The first-order valence-electron chi connectivity index (χ1n) is 6.39. The van der Waals surface area contributed by atoms with Gasteiger partial charge in [0.05, 0.1) is 12.7 Å². The highest BCUT2D eigenvalue weighted by Crippen LogP contribution is 2.14. The first kappa shape index (κ1) is 14.7. The predicted molar refractivity (Wildman–Crippen MR) is 69.7 cm³/mol. The number of hydrogen-bond donors (Lipinski definition) is 2. The number of carbonyl (C=O) groups excluding carboxylic acids is 1. The molecule has 0 bridgehead atoms. The van der Waals surface area contributed by atoms with E-state index in [2.05, 4.69) is 24.1 Å². The molecule has 1 aromatic rings. The van der Waals surface area contributed by atoms with Gasteiger partial charge in [0.15, 0.2) is 0 Å². The Morgan fingerprint density at radius 2 is 2.28 bits per heavy atom. The lowest BCUT2D eigenvalue weighted by Gasteiger charge is -2.16. The van der Waals surface area contributed by atoms with E-state index in [0.717, 1.165) is 12.2 Å². The summed E-state index contributed by atoms with van der Waals surface area (Å²) >= 11 is 0. The van der Waals surface area contributed by atoms with Crippen molar-refractivity contribution in [3.8, 4) is 0 Å². The van der Waals surface area contributed by atoms with E-state index < -0.39 is 0 Å². The van der Waals surface area contributed by atoms with E-state index in [-0.39, 0.29) is 11.8 Å². The predicted octanol–water partition coefficient (Wildman–Crippen LogP) is 1.61. The smallest absolute Gasteiger partial charge is 0.220 e. The maximum atomic E-state index is 11.7. The number of aryl methyl sites for hydroxylation is 1. The number of nitrogens with one attached hydrogen (secondary N) is 1. The van der Waals surface area contributed by atoms with Crippen LogP contribution >= 0.6 is 0 Å². The van der Waals surface area contributed by atoms with Crippen molar-refractivity contribution in [3.63, 3.8) is 0 Å². The van der Waals surface area contributed by atoms with Crippen molar-refractivity contribution in [1.29, 1.82) is 0 Å². The van der Waals surface area contributed by atoms with Crippen LogP contribution in [0.1, 0.15) is 38.3 Å². The second-order valence-corrected chi connectivity index (χ2v) is 5.08. The number of oxazole rings is 1. The Balaban J connectivity index is 2.32. The molecular weight excluding hydrogens is 230 g/mol. The Morgan fingerprint density at radius 1 is 1.56 bits per heavy atom. The van der Waals surface area contributed by atoms with Crippen LogP contribution in [-0.4, -0.2) is 17.4 Å². The molecule has 1 amide bonds. The van der Waals surface area contributed by atoms with Crippen LogP contribution in [0.3, 0.4) is 0 Å².